The van der Waals surface area contributed by atoms with E-state index in [1.165, 1.54) is 0 Å². The third kappa shape index (κ3) is 4.45. The zero-order chi connectivity index (χ0) is 20.4. The molecule has 1 aliphatic heterocycles. The number of carbonyl (C=O) groups excluding carboxylic acids is 1. The fourth-order valence-electron chi connectivity index (χ4n) is 3.65. The molecule has 0 aromatic carbocycles. The second kappa shape index (κ2) is 8.54. The van der Waals surface area contributed by atoms with Crippen LogP contribution >= 0.6 is 15.9 Å². The molecule has 0 saturated carbocycles. The highest BCUT2D eigenvalue weighted by Gasteiger charge is 2.21. The van der Waals surface area contributed by atoms with Gasteiger partial charge in [-0.25, -0.2) is 9.97 Å². The van der Waals surface area contributed by atoms with Gasteiger partial charge in [-0.3, -0.25) is 4.79 Å². The maximum Gasteiger partial charge on any atom is 0.260 e. The van der Waals surface area contributed by atoms with Crippen LogP contribution in [0.3, 0.4) is 0 Å². The molecule has 2 bridgehead atoms. The average Bonchev–Trinajstić information content (AvgIpc) is 3.11. The highest BCUT2D eigenvalue weighted by atomic mass is 79.9. The number of nitrogens with zero attached hydrogens (tertiary/aromatic N) is 4. The average molecular weight is 461 g/mol. The molecule has 1 atom stereocenters. The first-order valence-electron chi connectivity index (χ1n) is 9.71. The van der Waals surface area contributed by atoms with E-state index in [2.05, 4.69) is 54.2 Å². The number of aromatic nitrogens is 3. The number of fused-ring (bicyclic) bond motifs is 2. The molecule has 2 N–H and O–H groups in total. The van der Waals surface area contributed by atoms with E-state index in [0.29, 0.717) is 13.0 Å². The maximum atomic E-state index is 12.4. The summed E-state index contributed by atoms with van der Waals surface area (Å²) in [5.41, 5.74) is 1.97. The number of allylic oxidation sites excluding steroid dienone is 2. The van der Waals surface area contributed by atoms with Gasteiger partial charge >= 0.3 is 0 Å². The number of amides is 1. The van der Waals surface area contributed by atoms with Gasteiger partial charge in [0.05, 0.1) is 15.9 Å². The second-order valence-electron chi connectivity index (χ2n) is 7.54. The lowest BCUT2D eigenvalue weighted by atomic mass is 10.1. The number of rotatable bonds is 0. The van der Waals surface area contributed by atoms with Gasteiger partial charge < -0.3 is 24.8 Å². The molecule has 2 aromatic heterocycles. The van der Waals surface area contributed by atoms with Crippen molar-refractivity contribution in [1.29, 1.82) is 0 Å². The van der Waals surface area contributed by atoms with Crippen molar-refractivity contribution in [1.82, 2.24) is 24.8 Å². The Hall–Kier alpha value is -2.39. The minimum atomic E-state index is -0.0166. The van der Waals surface area contributed by atoms with Gasteiger partial charge in [0, 0.05) is 32.8 Å². The Morgan fingerprint density at radius 2 is 2.14 bits per heavy atom. The molecule has 1 unspecified atom stereocenters. The van der Waals surface area contributed by atoms with E-state index in [9.17, 15) is 4.79 Å². The molecule has 154 valence electrons. The zero-order valence-corrected chi connectivity index (χ0v) is 18.2. The van der Waals surface area contributed by atoms with E-state index >= 15 is 0 Å². The molecule has 0 fully saturated rings. The van der Waals surface area contributed by atoms with Gasteiger partial charge in [-0.15, -0.1) is 0 Å². The van der Waals surface area contributed by atoms with Crippen molar-refractivity contribution in [3.8, 4) is 0 Å². The van der Waals surface area contributed by atoms with Crippen LogP contribution in [-0.2, 0) is 16.1 Å². The van der Waals surface area contributed by atoms with Gasteiger partial charge in [-0.05, 0) is 47.6 Å². The van der Waals surface area contributed by atoms with Crippen molar-refractivity contribution in [2.24, 2.45) is 0 Å². The molecule has 1 aliphatic carbocycles. The summed E-state index contributed by atoms with van der Waals surface area (Å²) in [4.78, 5) is 28.5. The predicted molar refractivity (Wildman–Crippen MR) is 116 cm³/mol. The number of aromatic amines is 1. The van der Waals surface area contributed by atoms with Gasteiger partial charge in [0.25, 0.3) is 5.91 Å². The summed E-state index contributed by atoms with van der Waals surface area (Å²) in [7, 11) is 3.91. The molecular formula is C20H25BrN6O2. The molecule has 0 radical (unpaired) electrons. The van der Waals surface area contributed by atoms with Crippen molar-refractivity contribution in [3.63, 3.8) is 0 Å². The fraction of sp³-hybridized carbons (Fsp3) is 0.450. The summed E-state index contributed by atoms with van der Waals surface area (Å²) in [5.74, 6) is 1.55. The number of carbonyl (C=O) groups is 1. The monoisotopic (exact) mass is 460 g/mol. The first-order valence-corrected chi connectivity index (χ1v) is 10.5. The summed E-state index contributed by atoms with van der Waals surface area (Å²) in [5, 5.41) is 4.53. The van der Waals surface area contributed by atoms with E-state index in [4.69, 9.17) is 4.74 Å². The minimum Gasteiger partial charge on any atom is -0.487 e. The maximum absolute atomic E-state index is 12.4. The van der Waals surface area contributed by atoms with Crippen LogP contribution in [0, 0.1) is 0 Å². The third-order valence-electron chi connectivity index (χ3n) is 5.29. The summed E-state index contributed by atoms with van der Waals surface area (Å²) < 4.78 is 6.72. The van der Waals surface area contributed by atoms with E-state index in [0.717, 1.165) is 52.2 Å². The summed E-state index contributed by atoms with van der Waals surface area (Å²) in [6.07, 6.45) is 9.11. The highest BCUT2D eigenvalue weighted by Crippen LogP contribution is 2.29. The number of H-pyrrole nitrogens is 1. The standard InChI is InChI=1S/C20H25BrN6O2/c1-26-6-3-7-27(2)17(28)11-29-16-8-14(4-5-15(16)21)25-20-18-13(10-26)9-22-19(18)23-12-24-20/h4-5,9,12,14H,3,6-8,10-11H2,1-2H3,(H2,22,23,24,25). The molecule has 0 spiro atoms. The lowest BCUT2D eigenvalue weighted by Crippen LogP contribution is -2.33. The Morgan fingerprint density at radius 1 is 1.28 bits per heavy atom. The molecule has 2 aliphatic rings. The van der Waals surface area contributed by atoms with Gasteiger partial charge in [-0.1, -0.05) is 6.08 Å². The number of anilines is 1. The minimum absolute atomic E-state index is 0.00520. The van der Waals surface area contributed by atoms with E-state index < -0.39 is 0 Å². The summed E-state index contributed by atoms with van der Waals surface area (Å²) in [6.45, 7) is 2.39. The number of hydrogen-bond donors (Lipinski definition) is 2. The molecule has 0 saturated heterocycles. The van der Waals surface area contributed by atoms with Crippen LogP contribution < -0.4 is 5.32 Å². The van der Waals surface area contributed by atoms with Crippen LogP contribution in [0.2, 0.25) is 0 Å². The lowest BCUT2D eigenvalue weighted by Gasteiger charge is -2.25. The Bertz CT molecular complexity index is 969. The van der Waals surface area contributed by atoms with Crippen molar-refractivity contribution >= 4 is 38.7 Å². The largest absolute Gasteiger partial charge is 0.487 e. The first-order chi connectivity index (χ1) is 14.0. The molecule has 4 rings (SSSR count). The van der Waals surface area contributed by atoms with E-state index in [1.807, 2.05) is 19.3 Å². The van der Waals surface area contributed by atoms with E-state index in [1.54, 1.807) is 11.2 Å². The molecule has 2 aromatic rings. The Labute approximate surface area is 178 Å². The first kappa shape index (κ1) is 19.9. The molecule has 29 heavy (non-hydrogen) atoms. The van der Waals surface area contributed by atoms with Crippen molar-refractivity contribution in [2.45, 2.75) is 25.4 Å². The van der Waals surface area contributed by atoms with Gasteiger partial charge in [-0.2, -0.15) is 0 Å². The van der Waals surface area contributed by atoms with E-state index in [-0.39, 0.29) is 18.6 Å². The van der Waals surface area contributed by atoms with Crippen LogP contribution in [0.15, 0.2) is 34.9 Å². The van der Waals surface area contributed by atoms with Crippen LogP contribution in [0.4, 0.5) is 5.82 Å². The SMILES string of the molecule is CN1CCCN(C)C(=O)COC2=C(Br)C=CC(C2)Nc2ncnc3[nH]cc(c23)C1. The quantitative estimate of drug-likeness (QED) is 0.628. The van der Waals surface area contributed by atoms with Crippen molar-refractivity contribution in [2.75, 3.05) is 39.1 Å². The Kier molecular flexibility index (Phi) is 5.86. The predicted octanol–water partition coefficient (Wildman–Crippen LogP) is 2.62. The van der Waals surface area contributed by atoms with Crippen LogP contribution in [0.5, 0.6) is 0 Å². The number of likely N-dealkylation sites (N-methyl/N-ethyl adjacent to an activating group) is 1. The Morgan fingerprint density at radius 3 is 3.00 bits per heavy atom. The number of nitrogens with one attached hydrogen (secondary N) is 2. The van der Waals surface area contributed by atoms with Gasteiger partial charge in [0.2, 0.25) is 0 Å². The Balaban J connectivity index is 1.66. The van der Waals surface area contributed by atoms with Crippen molar-refractivity contribution in [3.05, 3.63) is 40.5 Å². The van der Waals surface area contributed by atoms with Gasteiger partial charge in [0.1, 0.15) is 23.6 Å². The molecule has 9 heteroatoms. The van der Waals surface area contributed by atoms with Gasteiger partial charge in [0.15, 0.2) is 6.61 Å². The van der Waals surface area contributed by atoms with Crippen molar-refractivity contribution < 1.29 is 9.53 Å². The smallest absolute Gasteiger partial charge is 0.260 e. The topological polar surface area (TPSA) is 86.4 Å². The molecule has 1 amide bonds. The highest BCUT2D eigenvalue weighted by molar-refractivity contribution is 9.11. The third-order valence-corrected chi connectivity index (χ3v) is 6.00. The zero-order valence-electron chi connectivity index (χ0n) is 16.6. The summed E-state index contributed by atoms with van der Waals surface area (Å²) in [6, 6.07) is 0.00520. The summed E-state index contributed by atoms with van der Waals surface area (Å²) >= 11 is 3.54. The molecule has 8 nitrogen and oxygen atoms in total. The fourth-order valence-corrected chi connectivity index (χ4v) is 4.08. The van der Waals surface area contributed by atoms with Crippen LogP contribution in [0.1, 0.15) is 18.4 Å². The molecule has 3 heterocycles. The van der Waals surface area contributed by atoms with Crippen LogP contribution in [0.25, 0.3) is 11.0 Å². The normalized spacial score (nSPS) is 22.0. The number of hydrogen-bond acceptors (Lipinski definition) is 6. The number of halogens is 1. The second-order valence-corrected chi connectivity index (χ2v) is 8.39. The molecular weight excluding hydrogens is 436 g/mol. The number of ether oxygens (including phenoxy) is 1. The lowest BCUT2D eigenvalue weighted by molar-refractivity contribution is -0.133. The van der Waals surface area contributed by atoms with Crippen LogP contribution in [-0.4, -0.2) is 70.5 Å².